The third-order valence-electron chi connectivity index (χ3n) is 20.2. The highest BCUT2D eigenvalue weighted by atomic mass is 35.5. The maximum Gasteiger partial charge on any atom is 0.227 e. The van der Waals surface area contributed by atoms with E-state index in [0.717, 1.165) is 186 Å². The second-order valence-electron chi connectivity index (χ2n) is 29.1. The third-order valence-corrected chi connectivity index (χ3v) is 21.1. The summed E-state index contributed by atoms with van der Waals surface area (Å²) in [6.45, 7) is 24.6. The summed E-state index contributed by atoms with van der Waals surface area (Å²) in [5.41, 5.74) is 18.1. The van der Waals surface area contributed by atoms with Crippen molar-refractivity contribution in [1.82, 2.24) is 59.8 Å². The number of nitrogens with one attached hydrogen (secondary N) is 8. The highest BCUT2D eigenvalue weighted by molar-refractivity contribution is 6.32. The molecule has 28 heteroatoms. The standard InChI is InChI=1S/C25H27ClN6.2C24H25ClN6.C23H23ClN6/c1-4-32(5-2)25-29-17(3)14-24(31-25)28-16-18-6-9-20(10-7-18)30-22-12-13-27-23-15-19(26)8-11-21(22)23;2*1-3-31(4-2)24-27-14-12-23(30-24)28-16-17-5-8-19(9-6-17)29-21-11-13-26-22-15-18(25)7-10-20(21)22;1-15-12-22(29-23(27-15)30(2)3)26-14-16-4-7-18(8-5-16)28-20-10-11-25-21-13-17(24)6-9-19(20)21/h6-15H,4-5,16H2,1-3H3,(H,27,30)(H,28,29,31);2*5-15H,3-4,16H2,1-2H3,(H,26,29)(H,27,28,30);4-13H,14H2,1-3H3,(H,25,28)(H,26,27,29). The Kier molecular flexibility index (Phi) is 30.8. The fraction of sp³-hybridized carbons (Fsp3) is 0.208. The van der Waals surface area contributed by atoms with Crippen LogP contribution in [-0.4, -0.2) is 113 Å². The van der Waals surface area contributed by atoms with Gasteiger partial charge in [-0.05, 0) is 235 Å². The van der Waals surface area contributed by atoms with Gasteiger partial charge in [-0.3, -0.25) is 19.9 Å². The number of benzene rings is 8. The predicted octanol–water partition coefficient (Wildman–Crippen LogP) is 23.4. The summed E-state index contributed by atoms with van der Waals surface area (Å²) in [5.74, 6) is 6.26. The normalized spacial score (nSPS) is 10.8. The summed E-state index contributed by atoms with van der Waals surface area (Å²) in [5, 5.41) is 34.3. The van der Waals surface area contributed by atoms with Crippen molar-refractivity contribution < 1.29 is 0 Å². The summed E-state index contributed by atoms with van der Waals surface area (Å²) in [6, 6.07) is 71.9. The van der Waals surface area contributed by atoms with Crippen molar-refractivity contribution in [2.75, 3.05) is 115 Å². The molecule has 24 nitrogen and oxygen atoms in total. The van der Waals surface area contributed by atoms with E-state index >= 15 is 0 Å². The second kappa shape index (κ2) is 43.3. The Morgan fingerprint density at radius 2 is 0.508 bits per heavy atom. The molecular formula is C96H100Cl4N24. The number of pyridine rings is 4. The monoisotopic (exact) mass is 1730 g/mol. The minimum Gasteiger partial charge on any atom is -0.366 e. The molecule has 8 N–H and O–H groups in total. The Hall–Kier alpha value is -13.5. The lowest BCUT2D eigenvalue weighted by atomic mass is 10.1. The molecular weight excluding hydrogens is 1630 g/mol. The van der Waals surface area contributed by atoms with Crippen molar-refractivity contribution in [1.29, 1.82) is 0 Å². The van der Waals surface area contributed by atoms with E-state index in [1.54, 1.807) is 37.2 Å². The van der Waals surface area contributed by atoms with Crippen LogP contribution in [0.15, 0.2) is 256 Å². The van der Waals surface area contributed by atoms with Gasteiger partial charge in [0.25, 0.3) is 0 Å². The van der Waals surface area contributed by atoms with Crippen LogP contribution in [-0.2, 0) is 26.2 Å². The Morgan fingerprint density at radius 1 is 0.258 bits per heavy atom. The molecule has 8 heterocycles. The van der Waals surface area contributed by atoms with Gasteiger partial charge in [-0.25, -0.2) is 19.9 Å². The summed E-state index contributed by atoms with van der Waals surface area (Å²) in [4.78, 5) is 62.0. The van der Waals surface area contributed by atoms with Gasteiger partial charge in [0, 0.05) is 227 Å². The van der Waals surface area contributed by atoms with E-state index in [9.17, 15) is 0 Å². The molecule has 0 aliphatic rings. The van der Waals surface area contributed by atoms with Gasteiger partial charge in [-0.1, -0.05) is 94.9 Å². The molecule has 632 valence electrons. The topological polar surface area (TPSA) is 264 Å². The number of aryl methyl sites for hydroxylation is 2. The van der Waals surface area contributed by atoms with Crippen LogP contribution >= 0.6 is 46.4 Å². The average molecular weight is 1730 g/mol. The first kappa shape index (κ1) is 88.3. The maximum absolute atomic E-state index is 6.09. The highest BCUT2D eigenvalue weighted by Crippen LogP contribution is 2.33. The molecule has 8 aromatic heterocycles. The zero-order valence-corrected chi connectivity index (χ0v) is 74.0. The highest BCUT2D eigenvalue weighted by Gasteiger charge is 2.15. The molecule has 0 bridgehead atoms. The number of halogens is 4. The smallest absolute Gasteiger partial charge is 0.227 e. The molecule has 0 amide bonds. The molecule has 16 aromatic rings. The fourth-order valence-electron chi connectivity index (χ4n) is 13.5. The molecule has 0 atom stereocenters. The minimum absolute atomic E-state index is 0.681. The molecule has 0 aliphatic carbocycles. The second-order valence-corrected chi connectivity index (χ2v) is 30.8. The number of rotatable bonds is 30. The maximum atomic E-state index is 6.09. The molecule has 0 unspecified atom stereocenters. The summed E-state index contributed by atoms with van der Waals surface area (Å²) < 4.78 is 0. The Labute approximate surface area is 743 Å². The van der Waals surface area contributed by atoms with Crippen LogP contribution in [0, 0.1) is 13.8 Å². The van der Waals surface area contributed by atoms with Gasteiger partial charge < -0.3 is 62.1 Å². The van der Waals surface area contributed by atoms with Crippen LogP contribution < -0.4 is 62.1 Å². The van der Waals surface area contributed by atoms with E-state index in [0.29, 0.717) is 52.2 Å². The zero-order valence-electron chi connectivity index (χ0n) is 71.0. The van der Waals surface area contributed by atoms with E-state index < -0.39 is 0 Å². The van der Waals surface area contributed by atoms with E-state index in [2.05, 4.69) is 256 Å². The molecule has 0 saturated carbocycles. The molecule has 124 heavy (non-hydrogen) atoms. The van der Waals surface area contributed by atoms with Crippen LogP contribution in [0.5, 0.6) is 0 Å². The number of fused-ring (bicyclic) bond motifs is 4. The van der Waals surface area contributed by atoms with Crippen molar-refractivity contribution >= 4 is 183 Å². The van der Waals surface area contributed by atoms with E-state index in [1.807, 2.05) is 154 Å². The quantitative estimate of drug-likeness (QED) is 0.0208. The van der Waals surface area contributed by atoms with E-state index in [4.69, 9.17) is 46.4 Å². The van der Waals surface area contributed by atoms with E-state index in [-0.39, 0.29) is 0 Å². The largest absolute Gasteiger partial charge is 0.366 e. The minimum atomic E-state index is 0.681. The van der Waals surface area contributed by atoms with E-state index in [1.165, 1.54) is 16.7 Å². The Bertz CT molecular complexity index is 6020. The Morgan fingerprint density at radius 3 is 0.790 bits per heavy atom. The van der Waals surface area contributed by atoms with Crippen LogP contribution in [0.4, 0.5) is 92.6 Å². The van der Waals surface area contributed by atoms with Crippen molar-refractivity contribution in [3.63, 3.8) is 0 Å². The molecule has 8 aromatic carbocycles. The van der Waals surface area contributed by atoms with Gasteiger partial charge in [0.05, 0.1) is 22.1 Å². The van der Waals surface area contributed by atoms with Gasteiger partial charge in [-0.2, -0.15) is 19.9 Å². The molecule has 0 spiro atoms. The average Bonchev–Trinajstić information content (AvgIpc) is 0.821. The number of anilines is 16. The first-order valence-electron chi connectivity index (χ1n) is 41.2. The number of nitrogens with zero attached hydrogens (tertiary/aromatic N) is 16. The molecule has 0 saturated heterocycles. The van der Waals surface area contributed by atoms with Crippen LogP contribution in [0.1, 0.15) is 75.2 Å². The lowest BCUT2D eigenvalue weighted by Gasteiger charge is -2.19. The number of hydrogen-bond acceptors (Lipinski definition) is 24. The van der Waals surface area contributed by atoms with Gasteiger partial charge >= 0.3 is 0 Å². The Balaban J connectivity index is 0.000000142. The first-order valence-corrected chi connectivity index (χ1v) is 42.7. The lowest BCUT2D eigenvalue weighted by molar-refractivity contribution is 0.816. The fourth-order valence-corrected chi connectivity index (χ4v) is 14.1. The van der Waals surface area contributed by atoms with Crippen LogP contribution in [0.2, 0.25) is 20.1 Å². The summed E-state index contributed by atoms with van der Waals surface area (Å²) in [7, 11) is 3.87. The van der Waals surface area contributed by atoms with Crippen molar-refractivity contribution in [3.05, 3.63) is 309 Å². The zero-order chi connectivity index (χ0) is 86.9. The van der Waals surface area contributed by atoms with Gasteiger partial charge in [0.1, 0.15) is 23.3 Å². The number of aromatic nitrogens is 12. The summed E-state index contributed by atoms with van der Waals surface area (Å²) >= 11 is 24.3. The van der Waals surface area contributed by atoms with Crippen molar-refractivity contribution in [2.45, 2.75) is 81.6 Å². The van der Waals surface area contributed by atoms with Gasteiger partial charge in [-0.15, -0.1) is 0 Å². The van der Waals surface area contributed by atoms with Crippen LogP contribution in [0.3, 0.4) is 0 Å². The molecule has 16 rings (SSSR count). The lowest BCUT2D eigenvalue weighted by Crippen LogP contribution is -2.24. The predicted molar refractivity (Wildman–Crippen MR) is 518 cm³/mol. The number of hydrogen-bond donors (Lipinski definition) is 8. The van der Waals surface area contributed by atoms with Crippen molar-refractivity contribution in [2.24, 2.45) is 0 Å². The molecule has 0 fully saturated rings. The van der Waals surface area contributed by atoms with Gasteiger partial charge in [0.2, 0.25) is 23.8 Å². The first-order chi connectivity index (χ1) is 60.3. The van der Waals surface area contributed by atoms with Crippen LogP contribution in [0.25, 0.3) is 43.6 Å². The van der Waals surface area contributed by atoms with Gasteiger partial charge in [0.15, 0.2) is 0 Å². The SMILES string of the molecule is CCN(CC)c1nc(C)cc(NCc2ccc(Nc3ccnc4cc(Cl)ccc34)cc2)n1.CCN(CC)c1nccc(NCc2ccc(Nc3ccnc4cc(Cl)ccc34)cc2)n1.CCN(CC)c1nccc(NCc2ccc(Nc3ccnc4cc(Cl)ccc34)cc2)n1.Cc1cc(NCc2ccc(Nc3ccnc4cc(Cl)ccc34)cc2)nc(N(C)C)n1. The summed E-state index contributed by atoms with van der Waals surface area (Å²) in [6.07, 6.45) is 10.7. The third kappa shape index (κ3) is 24.4. The van der Waals surface area contributed by atoms with Crippen molar-refractivity contribution in [3.8, 4) is 0 Å². The molecule has 0 aliphatic heterocycles. The molecule has 0 radical (unpaired) electrons.